The van der Waals surface area contributed by atoms with Gasteiger partial charge < -0.3 is 0 Å². The summed E-state index contributed by atoms with van der Waals surface area (Å²) >= 11 is 2.53. The smallest absolute Gasteiger partial charge is 0.147 e. The van der Waals surface area contributed by atoms with Gasteiger partial charge in [0.1, 0.15) is 0 Å². The molecular formula is C30H42Cl2Hf2. The normalized spacial score (nSPS) is 14.7. The van der Waals surface area contributed by atoms with E-state index in [1.54, 1.807) is 6.51 Å². The second-order valence-corrected chi connectivity index (χ2v) is 15.1. The van der Waals surface area contributed by atoms with Gasteiger partial charge in [0.05, 0.1) is 0 Å². The maximum absolute atomic E-state index is 3.12. The van der Waals surface area contributed by atoms with Crippen molar-refractivity contribution in [2.45, 2.75) is 81.1 Å². The molecule has 0 saturated heterocycles. The summed E-state index contributed by atoms with van der Waals surface area (Å²) in [4.78, 5) is 0. The molecule has 34 heavy (non-hydrogen) atoms. The molecule has 0 unspecified atom stereocenters. The van der Waals surface area contributed by atoms with Gasteiger partial charge in [-0.05, 0) is 0 Å². The molecule has 4 rings (SSSR count). The zero-order valence-electron chi connectivity index (χ0n) is 22.3. The van der Waals surface area contributed by atoms with Gasteiger partial charge >= 0.3 is 82.0 Å². The van der Waals surface area contributed by atoms with Crippen molar-refractivity contribution < 1.29 is 47.8 Å². The van der Waals surface area contributed by atoms with Crippen molar-refractivity contribution in [3.63, 3.8) is 0 Å². The molecule has 0 nitrogen and oxygen atoms in total. The van der Waals surface area contributed by atoms with E-state index in [1.165, 1.54) is 70.1 Å². The molecule has 4 aliphatic rings. The van der Waals surface area contributed by atoms with Crippen LogP contribution in [0.25, 0.3) is 0 Å². The molecule has 0 aliphatic heterocycles. The molecule has 0 N–H and O–H groups in total. The number of allylic oxidation sites excluding steroid dienone is 16. The Labute approximate surface area is 253 Å². The van der Waals surface area contributed by atoms with Crippen LogP contribution in [-0.4, -0.2) is 6.51 Å². The Balaban J connectivity index is -0.000000159. The summed E-state index contributed by atoms with van der Waals surface area (Å²) < 4.78 is 3.11. The molecule has 0 saturated carbocycles. The number of rotatable bonds is 0. The van der Waals surface area contributed by atoms with Crippen LogP contribution in [0.4, 0.5) is 0 Å². The third kappa shape index (κ3) is 39.2. The molecule has 0 spiro atoms. The van der Waals surface area contributed by atoms with Crippen molar-refractivity contribution in [2.75, 3.05) is 0 Å². The predicted octanol–water partition coefficient (Wildman–Crippen LogP) is 9.12. The Kier molecular flexibility index (Phi) is 35.3. The number of hydrogen-bond acceptors (Lipinski definition) is 0. The molecule has 0 atom stereocenters. The van der Waals surface area contributed by atoms with Gasteiger partial charge in [0.15, 0.2) is 0 Å². The largest absolute Gasteiger partial charge is 0.147 e. The quantitative estimate of drug-likeness (QED) is 0.169. The van der Waals surface area contributed by atoms with Gasteiger partial charge in [-0.15, -0.1) is 50.5 Å². The van der Waals surface area contributed by atoms with Gasteiger partial charge in [-0.3, -0.25) is 24.3 Å². The second kappa shape index (κ2) is 29.2. The van der Waals surface area contributed by atoms with E-state index < -0.39 is 0 Å². The van der Waals surface area contributed by atoms with Gasteiger partial charge in [-0.1, -0.05) is 27.7 Å². The minimum atomic E-state index is 0. The molecular weight excluding hydrogens is 788 g/mol. The maximum Gasteiger partial charge on any atom is -0.147 e. The Morgan fingerprint density at radius 1 is 0.500 bits per heavy atom. The first kappa shape index (κ1) is 41.1. The van der Waals surface area contributed by atoms with E-state index in [1.807, 2.05) is 0 Å². The zero-order chi connectivity index (χ0) is 24.8. The topological polar surface area (TPSA) is 0 Å². The van der Waals surface area contributed by atoms with Gasteiger partial charge in [0.2, 0.25) is 0 Å². The van der Waals surface area contributed by atoms with Crippen LogP contribution in [0.2, 0.25) is 0 Å². The van der Waals surface area contributed by atoms with Crippen LogP contribution in [0.5, 0.6) is 0 Å². The summed E-state index contributed by atoms with van der Waals surface area (Å²) in [6.45, 7) is 16.8. The number of hydrogen-bond donors (Lipinski definition) is 0. The van der Waals surface area contributed by atoms with E-state index in [0.29, 0.717) is 0 Å². The monoisotopic (exact) mass is 832 g/mol. The molecule has 0 fully saturated rings. The van der Waals surface area contributed by atoms with E-state index in [-0.39, 0.29) is 24.8 Å². The van der Waals surface area contributed by atoms with Crippen LogP contribution in [0.1, 0.15) is 81.1 Å². The van der Waals surface area contributed by atoms with Crippen LogP contribution in [0.15, 0.2) is 70.9 Å². The molecule has 0 amide bonds. The Hall–Kier alpha value is -0.0197. The minimum Gasteiger partial charge on any atom is -0.147 e. The molecule has 4 aliphatic carbocycles. The molecule has 0 heterocycles. The van der Waals surface area contributed by atoms with Crippen LogP contribution < -0.4 is 0 Å². The second-order valence-electron chi connectivity index (χ2n) is 7.87. The molecule has 4 heteroatoms. The van der Waals surface area contributed by atoms with Gasteiger partial charge in [0.25, 0.3) is 0 Å². The fourth-order valence-corrected chi connectivity index (χ4v) is 2.06. The van der Waals surface area contributed by atoms with E-state index >= 15 is 0 Å². The zero-order valence-corrected chi connectivity index (χ0v) is 31.1. The summed E-state index contributed by atoms with van der Waals surface area (Å²) in [5.74, 6) is 0. The van der Waals surface area contributed by atoms with E-state index in [9.17, 15) is 0 Å². The Bertz CT molecular complexity index is 659. The van der Waals surface area contributed by atoms with Crippen LogP contribution in [0, 0.1) is 24.3 Å². The molecule has 0 bridgehead atoms. The van der Waals surface area contributed by atoms with Crippen molar-refractivity contribution >= 4 is 31.3 Å². The summed E-state index contributed by atoms with van der Waals surface area (Å²) in [7, 11) is 0. The first-order valence-corrected chi connectivity index (χ1v) is 14.6. The molecule has 0 aromatic rings. The average molecular weight is 831 g/mol. The SMILES string of the molecule is CC1=[C-]CC=C1.CC1=[C-]CC=C1.CC1=[C-]CC=C1.CC1=[C-]CC=C1.C[C](C)=[Hf+2].C[C](C)=[Hf+2].Cl.Cl. The summed E-state index contributed by atoms with van der Waals surface area (Å²) in [6.07, 6.45) is 33.3. The van der Waals surface area contributed by atoms with Crippen molar-refractivity contribution in [3.05, 3.63) is 95.2 Å². The van der Waals surface area contributed by atoms with E-state index in [2.05, 4.69) is 128 Å². The van der Waals surface area contributed by atoms with Gasteiger partial charge in [-0.2, -0.15) is 24.3 Å². The van der Waals surface area contributed by atoms with Crippen molar-refractivity contribution in [1.82, 2.24) is 0 Å². The van der Waals surface area contributed by atoms with Gasteiger partial charge in [0, 0.05) is 0 Å². The average Bonchev–Trinajstić information content (AvgIpc) is 3.47. The molecule has 184 valence electrons. The predicted molar refractivity (Wildman–Crippen MR) is 152 cm³/mol. The third-order valence-electron chi connectivity index (χ3n) is 3.47. The van der Waals surface area contributed by atoms with Crippen LogP contribution in [-0.2, 0) is 47.8 Å². The van der Waals surface area contributed by atoms with Crippen molar-refractivity contribution in [2.24, 2.45) is 0 Å². The minimum absolute atomic E-state index is 0. The first-order chi connectivity index (χ1) is 15.0. The Morgan fingerprint density at radius 3 is 0.676 bits per heavy atom. The van der Waals surface area contributed by atoms with Crippen molar-refractivity contribution in [3.8, 4) is 0 Å². The van der Waals surface area contributed by atoms with E-state index in [4.69, 9.17) is 0 Å². The Morgan fingerprint density at radius 2 is 0.647 bits per heavy atom. The summed E-state index contributed by atoms with van der Waals surface area (Å²) in [5, 5.41) is 0. The third-order valence-corrected chi connectivity index (χ3v) is 3.47. The number of halogens is 2. The molecule has 0 aromatic heterocycles. The van der Waals surface area contributed by atoms with Gasteiger partial charge in [-0.25, -0.2) is 46.6 Å². The standard InChI is InChI=1S/4C6H7.2C3H6.2ClH.2Hf/c4*1-6-4-2-3-5-6;2*1-3-2;;;;/h4*2,4H,3H2,1H3;2*1-2H3;2*1H;;/q4*-1;;;;;2*+2. The summed E-state index contributed by atoms with van der Waals surface area (Å²) in [5.41, 5.74) is 5.09. The first-order valence-electron chi connectivity index (χ1n) is 11.0. The van der Waals surface area contributed by atoms with Crippen LogP contribution in [0.3, 0.4) is 0 Å². The molecule has 0 radical (unpaired) electrons. The van der Waals surface area contributed by atoms with Crippen LogP contribution >= 0.6 is 24.8 Å². The van der Waals surface area contributed by atoms with Crippen molar-refractivity contribution in [1.29, 1.82) is 0 Å². The molecule has 0 aromatic carbocycles. The van der Waals surface area contributed by atoms with E-state index in [0.717, 1.165) is 25.7 Å². The maximum atomic E-state index is 3.12. The summed E-state index contributed by atoms with van der Waals surface area (Å²) in [6, 6.07) is 0. The fraction of sp³-hybridized carbons (Fsp3) is 0.400. The fourth-order valence-electron chi connectivity index (χ4n) is 2.06.